The Balaban J connectivity index is 1.96. The van der Waals surface area contributed by atoms with Crippen LogP contribution in [0.3, 0.4) is 0 Å². The van der Waals surface area contributed by atoms with Gasteiger partial charge in [0.25, 0.3) is 0 Å². The number of rotatable bonds is 3. The molecular formula is C13H16N2O2. The number of anilines is 1. The molecule has 1 aliphatic rings. The lowest BCUT2D eigenvalue weighted by Gasteiger charge is -2.17. The number of urea groups is 1. The zero-order valence-corrected chi connectivity index (χ0v) is 9.90. The van der Waals surface area contributed by atoms with E-state index in [-0.39, 0.29) is 11.8 Å². The molecule has 1 aliphatic heterocycles. The van der Waals surface area contributed by atoms with E-state index in [2.05, 4.69) is 5.32 Å². The summed E-state index contributed by atoms with van der Waals surface area (Å²) in [5.41, 5.74) is 2.18. The molecule has 0 saturated carbocycles. The number of fused-ring (bicyclic) bond motifs is 1. The fourth-order valence-electron chi connectivity index (χ4n) is 1.99. The average Bonchev–Trinajstić information content (AvgIpc) is 2.72. The third-order valence-electron chi connectivity index (χ3n) is 2.89. The van der Waals surface area contributed by atoms with E-state index in [0.717, 1.165) is 12.1 Å². The molecule has 90 valence electrons. The van der Waals surface area contributed by atoms with E-state index in [1.807, 2.05) is 24.3 Å². The van der Waals surface area contributed by atoms with E-state index >= 15 is 0 Å². The van der Waals surface area contributed by atoms with Gasteiger partial charge in [-0.25, -0.2) is 4.79 Å². The highest BCUT2D eigenvalue weighted by Gasteiger charge is 2.23. The Morgan fingerprint density at radius 1 is 1.35 bits per heavy atom. The van der Waals surface area contributed by atoms with E-state index in [1.165, 1.54) is 12.5 Å². The zero-order valence-electron chi connectivity index (χ0n) is 9.90. The Labute approximate surface area is 101 Å². The van der Waals surface area contributed by atoms with Crippen LogP contribution in [0.4, 0.5) is 10.5 Å². The highest BCUT2D eigenvalue weighted by molar-refractivity contribution is 5.94. The van der Waals surface area contributed by atoms with Crippen molar-refractivity contribution < 1.29 is 9.59 Å². The van der Waals surface area contributed by atoms with Crippen LogP contribution >= 0.6 is 0 Å². The minimum atomic E-state index is -0.115. The molecule has 0 aromatic heterocycles. The number of hydrogen-bond donors (Lipinski definition) is 1. The maximum absolute atomic E-state index is 11.9. The van der Waals surface area contributed by atoms with E-state index in [1.54, 1.807) is 4.90 Å². The van der Waals surface area contributed by atoms with Crippen LogP contribution in [0.5, 0.6) is 0 Å². The predicted molar refractivity (Wildman–Crippen MR) is 66.2 cm³/mol. The monoisotopic (exact) mass is 232 g/mol. The first-order chi connectivity index (χ1) is 8.18. The Hall–Kier alpha value is -1.84. The minimum Gasteiger partial charge on any atom is -0.337 e. The van der Waals surface area contributed by atoms with E-state index in [0.29, 0.717) is 19.5 Å². The number of nitrogens with one attached hydrogen (secondary N) is 1. The number of benzene rings is 1. The number of ketones is 1. The molecule has 0 spiro atoms. The number of para-hydroxylation sites is 1. The van der Waals surface area contributed by atoms with Gasteiger partial charge in [0.05, 0.1) is 0 Å². The van der Waals surface area contributed by atoms with Crippen molar-refractivity contribution in [1.82, 2.24) is 5.32 Å². The van der Waals surface area contributed by atoms with Crippen LogP contribution < -0.4 is 10.2 Å². The van der Waals surface area contributed by atoms with Crippen molar-refractivity contribution in [3.8, 4) is 0 Å². The maximum atomic E-state index is 11.9. The topological polar surface area (TPSA) is 49.4 Å². The molecule has 1 aromatic carbocycles. The molecule has 4 nitrogen and oxygen atoms in total. The van der Waals surface area contributed by atoms with Crippen molar-refractivity contribution >= 4 is 17.5 Å². The highest BCUT2D eigenvalue weighted by Crippen LogP contribution is 2.27. The molecular weight excluding hydrogens is 216 g/mol. The molecule has 0 atom stereocenters. The number of carbonyl (C=O) groups is 2. The fraction of sp³-hybridized carbons (Fsp3) is 0.385. The minimum absolute atomic E-state index is 0.0899. The molecule has 0 saturated heterocycles. The van der Waals surface area contributed by atoms with Crippen molar-refractivity contribution in [2.45, 2.75) is 19.8 Å². The normalized spacial score (nSPS) is 13.4. The zero-order chi connectivity index (χ0) is 12.3. The molecule has 0 fully saturated rings. The van der Waals surface area contributed by atoms with Crippen LogP contribution in [0.2, 0.25) is 0 Å². The number of amides is 2. The highest BCUT2D eigenvalue weighted by atomic mass is 16.2. The summed E-state index contributed by atoms with van der Waals surface area (Å²) in [4.78, 5) is 24.4. The third kappa shape index (κ3) is 2.64. The summed E-state index contributed by atoms with van der Waals surface area (Å²) in [7, 11) is 0. The summed E-state index contributed by atoms with van der Waals surface area (Å²) in [6.07, 6.45) is 1.29. The first kappa shape index (κ1) is 11.6. The Bertz CT molecular complexity index is 443. The van der Waals surface area contributed by atoms with Gasteiger partial charge >= 0.3 is 6.03 Å². The first-order valence-electron chi connectivity index (χ1n) is 5.81. The average molecular weight is 232 g/mol. The second-order valence-electron chi connectivity index (χ2n) is 4.21. The van der Waals surface area contributed by atoms with Crippen LogP contribution in [-0.4, -0.2) is 24.9 Å². The lowest BCUT2D eigenvalue weighted by atomic mass is 10.2. The van der Waals surface area contributed by atoms with Gasteiger partial charge in [-0.15, -0.1) is 0 Å². The summed E-state index contributed by atoms with van der Waals surface area (Å²) < 4.78 is 0. The van der Waals surface area contributed by atoms with Gasteiger partial charge in [-0.1, -0.05) is 18.2 Å². The van der Waals surface area contributed by atoms with Gasteiger partial charge in [-0.05, 0) is 25.0 Å². The molecule has 1 heterocycles. The molecule has 2 rings (SSSR count). The van der Waals surface area contributed by atoms with Crippen molar-refractivity contribution in [3.63, 3.8) is 0 Å². The van der Waals surface area contributed by atoms with Crippen molar-refractivity contribution in [2.75, 3.05) is 18.0 Å². The summed E-state index contributed by atoms with van der Waals surface area (Å²) in [6.45, 7) is 2.65. The Morgan fingerprint density at radius 2 is 2.12 bits per heavy atom. The van der Waals surface area contributed by atoms with Gasteiger partial charge in [-0.3, -0.25) is 9.69 Å². The van der Waals surface area contributed by atoms with Crippen molar-refractivity contribution in [1.29, 1.82) is 0 Å². The number of Topliss-reactive ketones (excluding diaryl/α,β-unsaturated/α-hetero) is 1. The van der Waals surface area contributed by atoms with Crippen LogP contribution in [0, 0.1) is 0 Å². The summed E-state index contributed by atoms with van der Waals surface area (Å²) in [5.74, 6) is 0.0899. The molecule has 0 radical (unpaired) electrons. The van der Waals surface area contributed by atoms with Crippen LogP contribution in [-0.2, 0) is 11.2 Å². The van der Waals surface area contributed by atoms with Crippen LogP contribution in [0.1, 0.15) is 18.9 Å². The van der Waals surface area contributed by atoms with E-state index < -0.39 is 0 Å². The van der Waals surface area contributed by atoms with Crippen molar-refractivity contribution in [3.05, 3.63) is 29.8 Å². The smallest absolute Gasteiger partial charge is 0.321 e. The van der Waals surface area contributed by atoms with Crippen LogP contribution in [0.15, 0.2) is 24.3 Å². The largest absolute Gasteiger partial charge is 0.337 e. The van der Waals surface area contributed by atoms with Gasteiger partial charge < -0.3 is 5.32 Å². The first-order valence-corrected chi connectivity index (χ1v) is 5.81. The number of carbonyl (C=O) groups excluding carboxylic acids is 2. The molecule has 1 N–H and O–H groups in total. The van der Waals surface area contributed by atoms with Crippen LogP contribution in [0.25, 0.3) is 0 Å². The van der Waals surface area contributed by atoms with Gasteiger partial charge in [0, 0.05) is 25.2 Å². The predicted octanol–water partition coefficient (Wildman–Crippen LogP) is 1.74. The summed E-state index contributed by atoms with van der Waals surface area (Å²) in [6, 6.07) is 7.79. The second kappa shape index (κ2) is 4.99. The molecule has 1 aromatic rings. The standard InChI is InChI=1S/C13H16N2O2/c1-10(16)6-8-14-13(17)15-9-7-11-4-2-3-5-12(11)15/h2-5H,6-9H2,1H3,(H,14,17). The van der Waals surface area contributed by atoms with E-state index in [9.17, 15) is 9.59 Å². The Morgan fingerprint density at radius 3 is 2.88 bits per heavy atom. The van der Waals surface area contributed by atoms with Crippen molar-refractivity contribution in [2.24, 2.45) is 0 Å². The van der Waals surface area contributed by atoms with E-state index in [4.69, 9.17) is 0 Å². The summed E-state index contributed by atoms with van der Waals surface area (Å²) >= 11 is 0. The summed E-state index contributed by atoms with van der Waals surface area (Å²) in [5, 5.41) is 2.76. The van der Waals surface area contributed by atoms with Gasteiger partial charge in [0.2, 0.25) is 0 Å². The molecule has 0 aliphatic carbocycles. The maximum Gasteiger partial charge on any atom is 0.321 e. The number of nitrogens with zero attached hydrogens (tertiary/aromatic N) is 1. The third-order valence-corrected chi connectivity index (χ3v) is 2.89. The quantitative estimate of drug-likeness (QED) is 0.863. The lowest BCUT2D eigenvalue weighted by molar-refractivity contribution is -0.116. The molecule has 2 amide bonds. The molecule has 4 heteroatoms. The van der Waals surface area contributed by atoms with Gasteiger partial charge in [-0.2, -0.15) is 0 Å². The molecule has 17 heavy (non-hydrogen) atoms. The Kier molecular flexibility index (Phi) is 3.42. The number of hydrogen-bond acceptors (Lipinski definition) is 2. The van der Waals surface area contributed by atoms with Gasteiger partial charge in [0.15, 0.2) is 0 Å². The van der Waals surface area contributed by atoms with Gasteiger partial charge in [0.1, 0.15) is 5.78 Å². The lowest BCUT2D eigenvalue weighted by Crippen LogP contribution is -2.39. The second-order valence-corrected chi connectivity index (χ2v) is 4.21. The SMILES string of the molecule is CC(=O)CCNC(=O)N1CCc2ccccc21. The molecule has 0 bridgehead atoms. The fourth-order valence-corrected chi connectivity index (χ4v) is 1.99. The molecule has 0 unspecified atom stereocenters.